The topological polar surface area (TPSA) is 121 Å². The molecule has 3 aromatic carbocycles. The van der Waals surface area contributed by atoms with Gasteiger partial charge in [-0.2, -0.15) is 0 Å². The van der Waals surface area contributed by atoms with Gasteiger partial charge in [-0.25, -0.2) is 9.36 Å². The summed E-state index contributed by atoms with van der Waals surface area (Å²) in [4.78, 5) is 64.9. The van der Waals surface area contributed by atoms with Crippen LogP contribution in [0.25, 0.3) is 16.5 Å². The van der Waals surface area contributed by atoms with E-state index in [4.69, 9.17) is 0 Å². The van der Waals surface area contributed by atoms with Crippen LogP contribution in [0.3, 0.4) is 0 Å². The molecule has 6 rings (SSSR count). The number of Topliss-reactive ketones (excluding diaryl/α,β-unsaturated/α-hetero) is 2. The van der Waals surface area contributed by atoms with Gasteiger partial charge >= 0.3 is 0 Å². The first-order chi connectivity index (χ1) is 16.4. The summed E-state index contributed by atoms with van der Waals surface area (Å²) in [5, 5.41) is 11.4. The Morgan fingerprint density at radius 3 is 1.88 bits per heavy atom. The van der Waals surface area contributed by atoms with Crippen molar-refractivity contribution in [3.8, 4) is 0 Å². The molecule has 34 heavy (non-hydrogen) atoms. The summed E-state index contributed by atoms with van der Waals surface area (Å²) in [5.74, 6) is -1.02. The second-order valence-electron chi connectivity index (χ2n) is 8.03. The minimum Gasteiger partial charge on any atom is -0.289 e. The Kier molecular flexibility index (Phi) is 3.94. The lowest BCUT2D eigenvalue weighted by molar-refractivity contribution is -0.384. The van der Waals surface area contributed by atoms with Gasteiger partial charge in [0.2, 0.25) is 5.78 Å². The average molecular weight is 451 g/mol. The molecule has 164 valence electrons. The monoisotopic (exact) mass is 451 g/mol. The normalized spacial score (nSPS) is 16.4. The lowest BCUT2D eigenvalue weighted by Gasteiger charge is -2.19. The van der Waals surface area contributed by atoms with Crippen molar-refractivity contribution in [3.63, 3.8) is 0 Å². The maximum Gasteiger partial charge on any atom is 0.278 e. The molecule has 1 aromatic heterocycles. The molecule has 1 atom stereocenters. The number of fused-ring (bicyclic) bond motifs is 4. The maximum atomic E-state index is 13.6. The summed E-state index contributed by atoms with van der Waals surface area (Å²) in [7, 11) is 0. The predicted molar refractivity (Wildman–Crippen MR) is 122 cm³/mol. The summed E-state index contributed by atoms with van der Waals surface area (Å²) in [6, 6.07) is 16.8. The molecule has 0 saturated heterocycles. The van der Waals surface area contributed by atoms with E-state index in [0.717, 1.165) is 9.36 Å². The Labute approximate surface area is 189 Å². The SMILES string of the molecule is O=C1C2=C(C(=O)c3ccccc31)n1c(=O)c3ccccc3c(=O)n1C2c1ccc([N+](=O)[O-])cc1. The van der Waals surface area contributed by atoms with E-state index in [2.05, 4.69) is 0 Å². The van der Waals surface area contributed by atoms with E-state index in [0.29, 0.717) is 5.56 Å². The van der Waals surface area contributed by atoms with Crippen molar-refractivity contribution >= 4 is 33.7 Å². The summed E-state index contributed by atoms with van der Waals surface area (Å²) in [6.07, 6.45) is 0. The predicted octanol–water partition coefficient (Wildman–Crippen LogP) is 2.96. The maximum absolute atomic E-state index is 13.6. The fourth-order valence-corrected chi connectivity index (χ4v) is 4.78. The van der Waals surface area contributed by atoms with Crippen LogP contribution in [0.4, 0.5) is 5.69 Å². The zero-order chi connectivity index (χ0) is 23.7. The standard InChI is InChI=1S/C25H13N3O6/c29-22-15-5-1-2-6-16(15)23(30)21-19(22)20(13-9-11-14(12-10-13)28(33)34)26-24(31)17-7-3-4-8-18(17)25(32)27(21)26/h1-12,20H. The smallest absolute Gasteiger partial charge is 0.278 e. The van der Waals surface area contributed by atoms with Crippen molar-refractivity contribution in [2.24, 2.45) is 0 Å². The van der Waals surface area contributed by atoms with Gasteiger partial charge in [0.05, 0.1) is 21.3 Å². The van der Waals surface area contributed by atoms with Crippen molar-refractivity contribution in [1.29, 1.82) is 0 Å². The number of aromatic nitrogens is 2. The third-order valence-corrected chi connectivity index (χ3v) is 6.28. The molecule has 1 unspecified atom stereocenters. The fourth-order valence-electron chi connectivity index (χ4n) is 4.78. The number of nitrogens with zero attached hydrogens (tertiary/aromatic N) is 3. The van der Waals surface area contributed by atoms with E-state index in [1.54, 1.807) is 24.3 Å². The second-order valence-corrected chi connectivity index (χ2v) is 8.03. The molecule has 0 bridgehead atoms. The number of benzene rings is 3. The van der Waals surface area contributed by atoms with Crippen LogP contribution in [0.1, 0.15) is 32.3 Å². The van der Waals surface area contributed by atoms with Crippen LogP contribution < -0.4 is 11.1 Å². The van der Waals surface area contributed by atoms with Gasteiger partial charge in [-0.1, -0.05) is 36.4 Å². The van der Waals surface area contributed by atoms with E-state index in [1.165, 1.54) is 48.5 Å². The van der Waals surface area contributed by atoms with Crippen LogP contribution in [-0.2, 0) is 0 Å². The molecule has 0 fully saturated rings. The van der Waals surface area contributed by atoms with Gasteiger partial charge in [-0.3, -0.25) is 29.3 Å². The van der Waals surface area contributed by atoms with E-state index in [1.807, 2.05) is 0 Å². The van der Waals surface area contributed by atoms with Crippen LogP contribution in [0, 0.1) is 10.1 Å². The van der Waals surface area contributed by atoms with Crippen LogP contribution in [0.5, 0.6) is 0 Å². The van der Waals surface area contributed by atoms with Gasteiger partial charge in [0.25, 0.3) is 16.8 Å². The van der Waals surface area contributed by atoms with Crippen LogP contribution >= 0.6 is 0 Å². The molecule has 2 heterocycles. The number of rotatable bonds is 2. The molecule has 1 aliphatic carbocycles. The highest BCUT2D eigenvalue weighted by molar-refractivity contribution is 6.38. The minimum atomic E-state index is -1.11. The third-order valence-electron chi connectivity index (χ3n) is 6.28. The van der Waals surface area contributed by atoms with Crippen molar-refractivity contribution in [2.45, 2.75) is 6.04 Å². The Balaban J connectivity index is 1.74. The van der Waals surface area contributed by atoms with E-state index >= 15 is 0 Å². The molecule has 0 spiro atoms. The Hall–Kier alpha value is -4.92. The van der Waals surface area contributed by atoms with Gasteiger partial charge in [0, 0.05) is 23.3 Å². The summed E-state index contributed by atoms with van der Waals surface area (Å²) in [5.41, 5.74) is -0.819. The van der Waals surface area contributed by atoms with Crippen LogP contribution in [0.2, 0.25) is 0 Å². The van der Waals surface area contributed by atoms with Crippen LogP contribution in [0.15, 0.2) is 88.0 Å². The van der Waals surface area contributed by atoms with Gasteiger partial charge in [0.15, 0.2) is 5.78 Å². The summed E-state index contributed by atoms with van der Waals surface area (Å²) in [6.45, 7) is 0. The van der Waals surface area contributed by atoms with E-state index in [9.17, 15) is 29.3 Å². The number of carbonyl (C=O) groups excluding carboxylic acids is 2. The van der Waals surface area contributed by atoms with Crippen molar-refractivity contribution in [3.05, 3.63) is 126 Å². The first-order valence-electron chi connectivity index (χ1n) is 10.3. The molecule has 9 heteroatoms. The molecule has 1 aliphatic heterocycles. The van der Waals surface area contributed by atoms with Crippen molar-refractivity contribution in [2.75, 3.05) is 0 Å². The first kappa shape index (κ1) is 19.7. The van der Waals surface area contributed by atoms with Gasteiger partial charge < -0.3 is 0 Å². The highest BCUT2D eigenvalue weighted by Gasteiger charge is 2.45. The molecule has 0 saturated carbocycles. The number of hydrogen-bond donors (Lipinski definition) is 0. The average Bonchev–Trinajstić information content (AvgIpc) is 3.23. The zero-order valence-corrected chi connectivity index (χ0v) is 17.3. The molecular formula is C25H13N3O6. The minimum absolute atomic E-state index is 0.00735. The number of ketones is 2. The van der Waals surface area contributed by atoms with Gasteiger partial charge in [-0.15, -0.1) is 0 Å². The highest BCUT2D eigenvalue weighted by Crippen LogP contribution is 2.42. The Bertz CT molecular complexity index is 1760. The number of non-ortho nitro benzene ring substituents is 1. The quantitative estimate of drug-likeness (QED) is 0.341. The van der Waals surface area contributed by atoms with Crippen LogP contribution in [-0.4, -0.2) is 25.9 Å². The lowest BCUT2D eigenvalue weighted by Crippen LogP contribution is -2.38. The summed E-state index contributed by atoms with van der Waals surface area (Å²) < 4.78 is 2.10. The number of hydrogen-bond acceptors (Lipinski definition) is 6. The van der Waals surface area contributed by atoms with E-state index < -0.39 is 33.7 Å². The van der Waals surface area contributed by atoms with Gasteiger partial charge in [-0.05, 0) is 29.8 Å². The Morgan fingerprint density at radius 2 is 1.26 bits per heavy atom. The molecule has 0 radical (unpaired) electrons. The first-order valence-corrected chi connectivity index (χ1v) is 10.3. The lowest BCUT2D eigenvalue weighted by atomic mass is 9.83. The van der Waals surface area contributed by atoms with Crippen molar-refractivity contribution < 1.29 is 14.5 Å². The number of nitro groups is 1. The number of carbonyl (C=O) groups is 2. The molecular weight excluding hydrogens is 438 g/mol. The number of allylic oxidation sites excluding steroid dienone is 2. The molecule has 0 amide bonds. The second kappa shape index (κ2) is 6.79. The van der Waals surface area contributed by atoms with E-state index in [-0.39, 0.29) is 38.9 Å². The fraction of sp³-hybridized carbons (Fsp3) is 0.0400. The molecule has 9 nitrogen and oxygen atoms in total. The Morgan fingerprint density at radius 1 is 0.706 bits per heavy atom. The molecule has 0 N–H and O–H groups in total. The third kappa shape index (κ3) is 2.43. The van der Waals surface area contributed by atoms with Gasteiger partial charge in [0.1, 0.15) is 11.7 Å². The summed E-state index contributed by atoms with van der Waals surface area (Å²) >= 11 is 0. The largest absolute Gasteiger partial charge is 0.289 e. The molecule has 2 aliphatic rings. The molecule has 4 aromatic rings. The van der Waals surface area contributed by atoms with Crippen molar-refractivity contribution in [1.82, 2.24) is 9.36 Å². The highest BCUT2D eigenvalue weighted by atomic mass is 16.6. The number of nitro benzene ring substituents is 1. The zero-order valence-electron chi connectivity index (χ0n) is 17.3.